The third-order valence-electron chi connectivity index (χ3n) is 2.44. The van der Waals surface area contributed by atoms with Crippen molar-refractivity contribution in [3.63, 3.8) is 0 Å². The van der Waals surface area contributed by atoms with Gasteiger partial charge >= 0.3 is 11.7 Å². The van der Waals surface area contributed by atoms with Gasteiger partial charge in [0.05, 0.1) is 24.7 Å². The molecule has 0 amide bonds. The number of aliphatic hydroxyl groups excluding tert-OH is 1. The van der Waals surface area contributed by atoms with Gasteiger partial charge in [0.2, 0.25) is 0 Å². The van der Waals surface area contributed by atoms with Gasteiger partial charge in [0.25, 0.3) is 0 Å². The number of carbonyl (C=O) groups excluding carboxylic acids is 1. The quantitative estimate of drug-likeness (QED) is 0.382. The second-order valence-corrected chi connectivity index (χ2v) is 3.98. The molecule has 9 heteroatoms. The van der Waals surface area contributed by atoms with E-state index < -0.39 is 23.0 Å². The number of aromatic nitrogens is 2. The summed E-state index contributed by atoms with van der Waals surface area (Å²) < 4.78 is 5.79. The summed E-state index contributed by atoms with van der Waals surface area (Å²) in [5.74, 6) is -0.429. The fourth-order valence-corrected chi connectivity index (χ4v) is 1.40. The molecule has 1 aromatic rings. The van der Waals surface area contributed by atoms with Gasteiger partial charge in [-0.2, -0.15) is 5.10 Å². The first-order chi connectivity index (χ1) is 8.93. The maximum atomic E-state index is 11.1. The fraction of sp³-hybridized carbons (Fsp3) is 0.600. The monoisotopic (exact) mass is 272 g/mol. The average Bonchev–Trinajstić information content (AvgIpc) is 2.83. The van der Waals surface area contributed by atoms with E-state index in [1.165, 1.54) is 18.0 Å². The van der Waals surface area contributed by atoms with Crippen LogP contribution in [0, 0.1) is 10.1 Å². The highest BCUT2D eigenvalue weighted by molar-refractivity contribution is 5.75. The number of aliphatic hydroxyl groups is 1. The Balaban J connectivity index is 2.40. The molecule has 0 fully saturated rings. The summed E-state index contributed by atoms with van der Waals surface area (Å²) in [7, 11) is 1.28. The topological polar surface area (TPSA) is 120 Å². The van der Waals surface area contributed by atoms with Crippen LogP contribution in [0.25, 0.3) is 0 Å². The van der Waals surface area contributed by atoms with Crippen molar-refractivity contribution in [1.82, 2.24) is 15.1 Å². The van der Waals surface area contributed by atoms with Crippen LogP contribution in [0.2, 0.25) is 0 Å². The summed E-state index contributed by atoms with van der Waals surface area (Å²) in [5, 5.41) is 26.7. The van der Waals surface area contributed by atoms with Crippen LogP contribution in [-0.4, -0.2) is 51.6 Å². The third kappa shape index (κ3) is 4.64. The van der Waals surface area contributed by atoms with Gasteiger partial charge in [0.15, 0.2) is 0 Å². The molecule has 2 N–H and O–H groups in total. The minimum absolute atomic E-state index is 0.0920. The summed E-state index contributed by atoms with van der Waals surface area (Å²) in [5.41, 5.74) is -0.136. The molecule has 0 radical (unpaired) electrons. The molecular weight excluding hydrogens is 256 g/mol. The Labute approximate surface area is 109 Å². The van der Waals surface area contributed by atoms with E-state index in [4.69, 9.17) is 0 Å². The average molecular weight is 272 g/mol. The van der Waals surface area contributed by atoms with Crippen LogP contribution in [0.4, 0.5) is 5.69 Å². The number of hydrogen-bond donors (Lipinski definition) is 2. The van der Waals surface area contributed by atoms with Crippen molar-refractivity contribution >= 4 is 11.7 Å². The van der Waals surface area contributed by atoms with Crippen molar-refractivity contribution in [2.75, 3.05) is 13.7 Å². The number of rotatable bonds is 7. The van der Waals surface area contributed by atoms with Gasteiger partial charge in [0.1, 0.15) is 18.4 Å². The largest absolute Gasteiger partial charge is 0.468 e. The van der Waals surface area contributed by atoms with Crippen LogP contribution in [-0.2, 0) is 16.1 Å². The van der Waals surface area contributed by atoms with Gasteiger partial charge in [-0.05, 0) is 6.92 Å². The molecule has 0 aromatic carbocycles. The lowest BCUT2D eigenvalue weighted by molar-refractivity contribution is -0.385. The highest BCUT2D eigenvalue weighted by Gasteiger charge is 2.15. The number of nitrogens with zero attached hydrogens (tertiary/aromatic N) is 3. The fourth-order valence-electron chi connectivity index (χ4n) is 1.40. The zero-order chi connectivity index (χ0) is 14.4. The molecule has 106 valence electrons. The van der Waals surface area contributed by atoms with E-state index in [0.717, 1.165) is 6.20 Å². The molecule has 0 aliphatic heterocycles. The van der Waals surface area contributed by atoms with E-state index in [1.807, 2.05) is 0 Å². The smallest absolute Gasteiger partial charge is 0.322 e. The predicted molar refractivity (Wildman–Crippen MR) is 64.4 cm³/mol. The SMILES string of the molecule is COC(=O)C(C)NCC(O)Cn1cc([N+](=O)[O-])cn1. The minimum Gasteiger partial charge on any atom is -0.468 e. The first kappa shape index (κ1) is 15.1. The molecule has 0 aliphatic carbocycles. The van der Waals surface area contributed by atoms with E-state index in [2.05, 4.69) is 15.2 Å². The molecule has 2 unspecified atom stereocenters. The molecule has 1 aromatic heterocycles. The van der Waals surface area contributed by atoms with E-state index >= 15 is 0 Å². The lowest BCUT2D eigenvalue weighted by Gasteiger charge is -2.15. The molecule has 0 bridgehead atoms. The molecular formula is C10H16N4O5. The molecule has 1 rings (SSSR count). The van der Waals surface area contributed by atoms with Crippen LogP contribution < -0.4 is 5.32 Å². The first-order valence-corrected chi connectivity index (χ1v) is 5.60. The predicted octanol–water partition coefficient (Wildman–Crippen LogP) is -0.697. The highest BCUT2D eigenvalue weighted by Crippen LogP contribution is 2.07. The number of nitro groups is 1. The van der Waals surface area contributed by atoms with Crippen molar-refractivity contribution in [2.45, 2.75) is 25.6 Å². The van der Waals surface area contributed by atoms with Gasteiger partial charge in [-0.1, -0.05) is 0 Å². The van der Waals surface area contributed by atoms with Crippen molar-refractivity contribution < 1.29 is 19.6 Å². The Hall–Kier alpha value is -2.00. The van der Waals surface area contributed by atoms with Gasteiger partial charge in [0, 0.05) is 6.54 Å². The number of carbonyl (C=O) groups is 1. The van der Waals surface area contributed by atoms with Gasteiger partial charge in [-0.25, -0.2) is 0 Å². The zero-order valence-corrected chi connectivity index (χ0v) is 10.6. The molecule has 0 aliphatic rings. The summed E-state index contributed by atoms with van der Waals surface area (Å²) in [6, 6.07) is -0.536. The summed E-state index contributed by atoms with van der Waals surface area (Å²) in [6.45, 7) is 1.84. The molecule has 0 saturated heterocycles. The Morgan fingerprint density at radius 2 is 2.42 bits per heavy atom. The second kappa shape index (κ2) is 6.81. The third-order valence-corrected chi connectivity index (χ3v) is 2.44. The number of ether oxygens (including phenoxy) is 1. The molecule has 9 nitrogen and oxygen atoms in total. The van der Waals surface area contributed by atoms with Crippen molar-refractivity contribution in [2.24, 2.45) is 0 Å². The number of methoxy groups -OCH3 is 1. The van der Waals surface area contributed by atoms with E-state index in [0.29, 0.717) is 0 Å². The van der Waals surface area contributed by atoms with E-state index in [9.17, 15) is 20.0 Å². The van der Waals surface area contributed by atoms with Crippen molar-refractivity contribution in [3.8, 4) is 0 Å². The van der Waals surface area contributed by atoms with Crippen molar-refractivity contribution in [3.05, 3.63) is 22.5 Å². The molecule has 19 heavy (non-hydrogen) atoms. The van der Waals surface area contributed by atoms with Crippen molar-refractivity contribution in [1.29, 1.82) is 0 Å². The lowest BCUT2D eigenvalue weighted by atomic mass is 10.3. The number of esters is 1. The first-order valence-electron chi connectivity index (χ1n) is 5.60. The maximum Gasteiger partial charge on any atom is 0.322 e. The van der Waals surface area contributed by atoms with Gasteiger partial charge in [-0.3, -0.25) is 19.6 Å². The highest BCUT2D eigenvalue weighted by atomic mass is 16.6. The van der Waals surface area contributed by atoms with Gasteiger partial charge < -0.3 is 15.2 Å². The summed E-state index contributed by atoms with van der Waals surface area (Å²) in [4.78, 5) is 21.0. The number of hydrogen-bond acceptors (Lipinski definition) is 7. The normalized spacial score (nSPS) is 13.8. The summed E-state index contributed by atoms with van der Waals surface area (Å²) in [6.07, 6.45) is 1.51. The van der Waals surface area contributed by atoms with Crippen LogP contribution in [0.3, 0.4) is 0 Å². The Morgan fingerprint density at radius 1 is 1.74 bits per heavy atom. The molecule has 0 saturated carbocycles. The maximum absolute atomic E-state index is 11.1. The summed E-state index contributed by atoms with van der Waals surface area (Å²) >= 11 is 0. The Bertz CT molecular complexity index is 447. The van der Waals surface area contributed by atoms with Crippen LogP contribution in [0.5, 0.6) is 0 Å². The van der Waals surface area contributed by atoms with E-state index in [-0.39, 0.29) is 18.8 Å². The Morgan fingerprint density at radius 3 is 2.95 bits per heavy atom. The van der Waals surface area contributed by atoms with E-state index in [1.54, 1.807) is 6.92 Å². The Kier molecular flexibility index (Phi) is 5.39. The standard InChI is InChI=1S/C10H16N4O5/c1-7(10(16)19-2)11-4-9(15)6-13-5-8(3-12-13)14(17)18/h3,5,7,9,11,15H,4,6H2,1-2H3. The lowest BCUT2D eigenvalue weighted by Crippen LogP contribution is -2.40. The van der Waals surface area contributed by atoms with Crippen LogP contribution >= 0.6 is 0 Å². The molecule has 1 heterocycles. The minimum atomic E-state index is -0.827. The molecule has 2 atom stereocenters. The number of nitrogens with one attached hydrogen (secondary N) is 1. The van der Waals surface area contributed by atoms with Gasteiger partial charge in [-0.15, -0.1) is 0 Å². The second-order valence-electron chi connectivity index (χ2n) is 3.98. The molecule has 0 spiro atoms. The van der Waals surface area contributed by atoms with Crippen LogP contribution in [0.15, 0.2) is 12.4 Å². The van der Waals surface area contributed by atoms with Crippen LogP contribution in [0.1, 0.15) is 6.92 Å². The zero-order valence-electron chi connectivity index (χ0n) is 10.6.